The van der Waals surface area contributed by atoms with E-state index in [1.54, 1.807) is 20.2 Å². The van der Waals surface area contributed by atoms with Gasteiger partial charge in [0.15, 0.2) is 5.60 Å². The lowest BCUT2D eigenvalue weighted by molar-refractivity contribution is -0.164. The Morgan fingerprint density at radius 3 is 1.80 bits per heavy atom. The van der Waals surface area contributed by atoms with Crippen LogP contribution in [-0.2, 0) is 24.7 Å². The zero-order chi connectivity index (χ0) is 40.1. The van der Waals surface area contributed by atoms with Crippen LogP contribution < -0.4 is 0 Å². The summed E-state index contributed by atoms with van der Waals surface area (Å²) < 4.78 is 12.8. The second-order valence-electron chi connectivity index (χ2n) is 15.5. The Hall–Kier alpha value is -5.40. The van der Waals surface area contributed by atoms with Crippen molar-refractivity contribution in [1.29, 1.82) is 0 Å². The van der Waals surface area contributed by atoms with Gasteiger partial charge in [0.05, 0.1) is 0 Å². The van der Waals surface area contributed by atoms with Crippen molar-refractivity contribution < 1.29 is 23.9 Å². The first kappa shape index (κ1) is 40.3. The van der Waals surface area contributed by atoms with Gasteiger partial charge < -0.3 is 14.4 Å². The third-order valence-electron chi connectivity index (χ3n) is 10.9. The minimum Gasteiger partial charge on any atom is -0.448 e. The molecule has 5 aromatic rings. The van der Waals surface area contributed by atoms with Gasteiger partial charge in [0.25, 0.3) is 0 Å². The summed E-state index contributed by atoms with van der Waals surface area (Å²) in [5.74, 6) is -1.39. The Labute approximate surface area is 336 Å². The van der Waals surface area contributed by atoms with E-state index in [-0.39, 0.29) is 24.4 Å². The highest BCUT2D eigenvalue weighted by Crippen LogP contribution is 2.46. The number of esters is 1. The lowest BCUT2D eigenvalue weighted by Gasteiger charge is -2.40. The Morgan fingerprint density at radius 1 is 0.696 bits per heavy atom. The van der Waals surface area contributed by atoms with Crippen molar-refractivity contribution in [2.24, 2.45) is 11.8 Å². The van der Waals surface area contributed by atoms with Crippen LogP contribution in [0.2, 0.25) is 5.02 Å². The second-order valence-corrected chi connectivity index (χ2v) is 15.9. The van der Waals surface area contributed by atoms with Crippen molar-refractivity contribution in [1.82, 2.24) is 9.80 Å². The van der Waals surface area contributed by atoms with E-state index in [1.807, 2.05) is 132 Å². The van der Waals surface area contributed by atoms with Crippen molar-refractivity contribution in [3.05, 3.63) is 166 Å². The molecule has 1 aliphatic carbocycles. The molecule has 8 heteroatoms. The SMILES string of the molecule is Cc1ccc(C(OC(=O)[C@H](CC(C)C)N(C)C(=O)[C@H](C(C)C)N(C)C(=O)OCC2c3ccccc3-c3ccccc32)(c2ccccc2)c2ccccc2Cl)cc1. The molecule has 1 aliphatic rings. The monoisotopic (exact) mass is 770 g/mol. The number of likely N-dealkylation sites (N-methyl/N-ethyl adjacent to an activating group) is 2. The highest BCUT2D eigenvalue weighted by atomic mass is 35.5. The van der Waals surface area contributed by atoms with Crippen LogP contribution >= 0.6 is 11.6 Å². The average molecular weight is 771 g/mol. The van der Waals surface area contributed by atoms with E-state index in [0.29, 0.717) is 28.1 Å². The summed E-state index contributed by atoms with van der Waals surface area (Å²) >= 11 is 6.95. The van der Waals surface area contributed by atoms with Crippen LogP contribution in [0.15, 0.2) is 127 Å². The van der Waals surface area contributed by atoms with Crippen LogP contribution in [0.3, 0.4) is 0 Å². The molecular formula is C48H51ClN2O5. The van der Waals surface area contributed by atoms with Crippen LogP contribution in [0.25, 0.3) is 11.1 Å². The maximum atomic E-state index is 14.9. The highest BCUT2D eigenvalue weighted by Gasteiger charge is 2.46. The highest BCUT2D eigenvalue weighted by molar-refractivity contribution is 6.31. The van der Waals surface area contributed by atoms with Gasteiger partial charge in [0.1, 0.15) is 18.7 Å². The topological polar surface area (TPSA) is 76.2 Å². The van der Waals surface area contributed by atoms with Gasteiger partial charge in [-0.15, -0.1) is 0 Å². The second kappa shape index (κ2) is 17.2. The lowest BCUT2D eigenvalue weighted by Crippen LogP contribution is -2.56. The lowest BCUT2D eigenvalue weighted by atomic mass is 9.79. The van der Waals surface area contributed by atoms with Gasteiger partial charge in [-0.25, -0.2) is 9.59 Å². The standard InChI is InChI=1S/C48H51ClN2O5/c1-31(2)29-43(46(53)56-48(34-17-9-8-10-18-34,35-27-25-33(5)26-28-35)41-23-15-16-24-42(41)49)50(6)45(52)44(32(3)4)51(7)47(54)55-30-40-38-21-13-11-19-36(38)37-20-12-14-22-39(37)40/h8-28,31-32,40,43-44H,29-30H2,1-7H3/t43-,44-,48?/m0/s1. The van der Waals surface area contributed by atoms with Gasteiger partial charge in [0, 0.05) is 41.7 Å². The zero-order valence-electron chi connectivity index (χ0n) is 33.2. The first-order valence-corrected chi connectivity index (χ1v) is 19.7. The fourth-order valence-corrected chi connectivity index (χ4v) is 8.27. The molecule has 7 nitrogen and oxygen atoms in total. The summed E-state index contributed by atoms with van der Waals surface area (Å²) in [6.07, 6.45) is -0.293. The molecule has 6 rings (SSSR count). The summed E-state index contributed by atoms with van der Waals surface area (Å²) in [4.78, 5) is 46.2. The number of rotatable bonds is 13. The zero-order valence-corrected chi connectivity index (χ0v) is 34.0. The summed E-state index contributed by atoms with van der Waals surface area (Å²) in [5.41, 5.74) is 6.08. The normalized spacial score (nSPS) is 14.3. The van der Waals surface area contributed by atoms with Crippen LogP contribution in [-0.4, -0.2) is 60.6 Å². The van der Waals surface area contributed by atoms with E-state index < -0.39 is 35.7 Å². The van der Waals surface area contributed by atoms with Gasteiger partial charge in [-0.05, 0) is 53.5 Å². The number of benzene rings is 5. The molecule has 56 heavy (non-hydrogen) atoms. The molecule has 0 aliphatic heterocycles. The van der Waals surface area contributed by atoms with E-state index in [1.165, 1.54) is 9.80 Å². The molecule has 290 valence electrons. The Bertz CT molecular complexity index is 2120. The quantitative estimate of drug-likeness (QED) is 0.0880. The van der Waals surface area contributed by atoms with E-state index in [2.05, 4.69) is 24.3 Å². The van der Waals surface area contributed by atoms with Crippen molar-refractivity contribution >= 4 is 29.6 Å². The number of hydrogen-bond donors (Lipinski definition) is 0. The summed E-state index contributed by atoms with van der Waals surface area (Å²) in [5, 5.41) is 0.430. The van der Waals surface area contributed by atoms with Gasteiger partial charge in [-0.3, -0.25) is 9.69 Å². The van der Waals surface area contributed by atoms with Crippen LogP contribution in [0.1, 0.15) is 73.4 Å². The molecule has 0 radical (unpaired) electrons. The molecule has 0 N–H and O–H groups in total. The molecule has 0 bridgehead atoms. The number of carbonyl (C=O) groups excluding carboxylic acids is 3. The average Bonchev–Trinajstić information content (AvgIpc) is 3.51. The molecular weight excluding hydrogens is 720 g/mol. The van der Waals surface area contributed by atoms with E-state index in [4.69, 9.17) is 21.1 Å². The minimum atomic E-state index is -1.45. The van der Waals surface area contributed by atoms with Crippen LogP contribution in [0.5, 0.6) is 0 Å². The van der Waals surface area contributed by atoms with Gasteiger partial charge in [-0.1, -0.05) is 166 Å². The third-order valence-corrected chi connectivity index (χ3v) is 11.2. The van der Waals surface area contributed by atoms with Crippen molar-refractivity contribution in [3.63, 3.8) is 0 Å². The molecule has 0 heterocycles. The number of aryl methyl sites for hydroxylation is 1. The summed E-state index contributed by atoms with van der Waals surface area (Å²) in [7, 11) is 3.20. The molecule has 5 aromatic carbocycles. The number of hydrogen-bond acceptors (Lipinski definition) is 5. The fraction of sp³-hybridized carbons (Fsp3) is 0.312. The number of fused-ring (bicyclic) bond motifs is 3. The first-order valence-electron chi connectivity index (χ1n) is 19.3. The van der Waals surface area contributed by atoms with E-state index in [9.17, 15) is 14.4 Å². The van der Waals surface area contributed by atoms with Gasteiger partial charge >= 0.3 is 12.1 Å². The molecule has 1 unspecified atom stereocenters. The van der Waals surface area contributed by atoms with Crippen molar-refractivity contribution in [3.8, 4) is 11.1 Å². The third kappa shape index (κ3) is 7.96. The fourth-order valence-electron chi connectivity index (χ4n) is 8.01. The number of ether oxygens (including phenoxy) is 2. The molecule has 0 spiro atoms. The minimum absolute atomic E-state index is 0.0194. The Morgan fingerprint density at radius 2 is 1.23 bits per heavy atom. The first-order chi connectivity index (χ1) is 26.8. The number of halogens is 1. The van der Waals surface area contributed by atoms with Crippen LogP contribution in [0, 0.1) is 18.8 Å². The largest absolute Gasteiger partial charge is 0.448 e. The molecule has 0 saturated carbocycles. The Balaban J connectivity index is 1.30. The van der Waals surface area contributed by atoms with E-state index >= 15 is 0 Å². The van der Waals surface area contributed by atoms with Gasteiger partial charge in [0.2, 0.25) is 5.91 Å². The smallest absolute Gasteiger partial charge is 0.410 e. The van der Waals surface area contributed by atoms with Crippen molar-refractivity contribution in [2.45, 2.75) is 64.6 Å². The summed E-state index contributed by atoms with van der Waals surface area (Å²) in [6.45, 7) is 9.89. The number of amides is 2. The predicted octanol–water partition coefficient (Wildman–Crippen LogP) is 10.3. The number of carbonyl (C=O) groups is 3. The van der Waals surface area contributed by atoms with Crippen molar-refractivity contribution in [2.75, 3.05) is 20.7 Å². The predicted molar refractivity (Wildman–Crippen MR) is 223 cm³/mol. The summed E-state index contributed by atoms with van der Waals surface area (Å²) in [6, 6.07) is 39.2. The maximum Gasteiger partial charge on any atom is 0.410 e. The number of nitrogens with zero attached hydrogens (tertiary/aromatic N) is 2. The molecule has 3 atom stereocenters. The molecule has 0 fully saturated rings. The molecule has 0 saturated heterocycles. The Kier molecular flexibility index (Phi) is 12.3. The van der Waals surface area contributed by atoms with Gasteiger partial charge in [-0.2, -0.15) is 0 Å². The maximum absolute atomic E-state index is 14.9. The molecule has 0 aromatic heterocycles. The van der Waals surface area contributed by atoms with E-state index in [0.717, 1.165) is 27.8 Å². The van der Waals surface area contributed by atoms with Crippen LogP contribution in [0.4, 0.5) is 4.79 Å². The molecule has 2 amide bonds.